The van der Waals surface area contributed by atoms with Crippen LogP contribution in [-0.4, -0.2) is 78.3 Å². The van der Waals surface area contributed by atoms with Gasteiger partial charge < -0.3 is 33.7 Å². The molecule has 0 radical (unpaired) electrons. The van der Waals surface area contributed by atoms with Crippen molar-refractivity contribution in [3.63, 3.8) is 0 Å². The molecule has 1 aliphatic rings. The maximum atomic E-state index is 12.5. The minimum atomic E-state index is -1.86. The van der Waals surface area contributed by atoms with Gasteiger partial charge in [0.2, 0.25) is 3.79 Å². The van der Waals surface area contributed by atoms with E-state index < -0.39 is 65.0 Å². The summed E-state index contributed by atoms with van der Waals surface area (Å²) in [5.41, 5.74) is 0. The van der Waals surface area contributed by atoms with Crippen molar-refractivity contribution in [1.29, 1.82) is 0 Å². The predicted octanol–water partition coefficient (Wildman–Crippen LogP) is 3.98. The van der Waals surface area contributed by atoms with E-state index in [1.54, 1.807) is 0 Å². The standard InChI is InChI=1S/C23H36Cl3NO10/c1-5-6-7-8-9-10-11-32-21-18(27-22(31)34-13-23(24,25)26)20(36-16(4)30)19(35-15(3)29)17(37-21)12-33-14(2)28/h17-21H,5-13H2,1-4H3,(H,27,31)/t17-,18-,19-,20-,21-/m1/s1. The summed E-state index contributed by atoms with van der Waals surface area (Å²) in [5.74, 6) is -2.05. The van der Waals surface area contributed by atoms with Crippen molar-refractivity contribution in [2.24, 2.45) is 0 Å². The third kappa shape index (κ3) is 14.3. The Labute approximate surface area is 232 Å². The number of halogens is 3. The van der Waals surface area contributed by atoms with Crippen LogP contribution in [0.25, 0.3) is 0 Å². The number of alkyl halides is 3. The van der Waals surface area contributed by atoms with E-state index in [2.05, 4.69) is 12.2 Å². The van der Waals surface area contributed by atoms with Gasteiger partial charge in [-0.1, -0.05) is 73.8 Å². The molecule has 1 fully saturated rings. The highest BCUT2D eigenvalue weighted by atomic mass is 35.6. The average Bonchev–Trinajstić information content (AvgIpc) is 2.78. The molecule has 37 heavy (non-hydrogen) atoms. The molecule has 14 heteroatoms. The SMILES string of the molecule is CCCCCCCCO[C@@H]1O[C@H](COC(C)=O)[C@@H](OC(C)=O)[C@H](OC(C)=O)[C@H]1NC(=O)OCC(Cl)(Cl)Cl. The zero-order chi connectivity index (χ0) is 28.0. The van der Waals surface area contributed by atoms with Crippen LogP contribution in [0.2, 0.25) is 0 Å². The van der Waals surface area contributed by atoms with Crippen molar-refractivity contribution in [1.82, 2.24) is 5.32 Å². The Morgan fingerprint density at radius 3 is 2.00 bits per heavy atom. The van der Waals surface area contributed by atoms with Crippen LogP contribution in [0.15, 0.2) is 0 Å². The van der Waals surface area contributed by atoms with Crippen molar-refractivity contribution in [2.75, 3.05) is 19.8 Å². The van der Waals surface area contributed by atoms with Crippen LogP contribution in [0, 0.1) is 0 Å². The first-order valence-corrected chi connectivity index (χ1v) is 13.2. The van der Waals surface area contributed by atoms with Gasteiger partial charge in [-0.05, 0) is 6.42 Å². The van der Waals surface area contributed by atoms with Crippen LogP contribution < -0.4 is 5.32 Å². The first-order chi connectivity index (χ1) is 17.3. The lowest BCUT2D eigenvalue weighted by molar-refractivity contribution is -0.277. The molecule has 1 aliphatic heterocycles. The lowest BCUT2D eigenvalue weighted by Crippen LogP contribution is -2.66. The second-order valence-electron chi connectivity index (χ2n) is 8.49. The number of rotatable bonds is 14. The van der Waals surface area contributed by atoms with Crippen LogP contribution in [0.4, 0.5) is 4.79 Å². The Morgan fingerprint density at radius 2 is 1.43 bits per heavy atom. The molecule has 1 rings (SSSR count). The molecule has 0 aromatic carbocycles. The molecule has 0 unspecified atom stereocenters. The molecule has 214 valence electrons. The van der Waals surface area contributed by atoms with E-state index in [4.69, 9.17) is 63.2 Å². The number of amides is 1. The minimum absolute atomic E-state index is 0.253. The molecule has 11 nitrogen and oxygen atoms in total. The summed E-state index contributed by atoms with van der Waals surface area (Å²) >= 11 is 16.9. The topological polar surface area (TPSA) is 136 Å². The van der Waals surface area contributed by atoms with Crippen LogP contribution >= 0.6 is 34.8 Å². The van der Waals surface area contributed by atoms with Gasteiger partial charge in [0, 0.05) is 27.4 Å². The zero-order valence-electron chi connectivity index (χ0n) is 21.5. The van der Waals surface area contributed by atoms with Crippen LogP contribution in [0.3, 0.4) is 0 Å². The molecular formula is C23H36Cl3NO10. The molecule has 1 saturated heterocycles. The molecule has 0 aromatic heterocycles. The van der Waals surface area contributed by atoms with E-state index in [0.29, 0.717) is 6.42 Å². The Hall–Kier alpha value is -1.53. The third-order valence-electron chi connectivity index (χ3n) is 5.13. The van der Waals surface area contributed by atoms with E-state index in [1.165, 1.54) is 6.92 Å². The lowest BCUT2D eigenvalue weighted by Gasteiger charge is -2.44. The van der Waals surface area contributed by atoms with Crippen molar-refractivity contribution >= 4 is 58.8 Å². The van der Waals surface area contributed by atoms with Crippen molar-refractivity contribution < 1.29 is 47.6 Å². The van der Waals surface area contributed by atoms with Crippen LogP contribution in [-0.2, 0) is 42.8 Å². The Morgan fingerprint density at radius 1 is 0.838 bits per heavy atom. The molecule has 1 amide bonds. The van der Waals surface area contributed by atoms with E-state index in [1.807, 2.05) is 0 Å². The Balaban J connectivity index is 3.15. The van der Waals surface area contributed by atoms with Crippen LogP contribution in [0.1, 0.15) is 66.2 Å². The maximum Gasteiger partial charge on any atom is 0.407 e. The zero-order valence-corrected chi connectivity index (χ0v) is 23.7. The summed E-state index contributed by atoms with van der Waals surface area (Å²) in [6.07, 6.45) is 0.211. The van der Waals surface area contributed by atoms with E-state index >= 15 is 0 Å². The quantitative estimate of drug-likeness (QED) is 0.136. The maximum absolute atomic E-state index is 12.5. The van der Waals surface area contributed by atoms with E-state index in [-0.39, 0.29) is 13.2 Å². The number of hydrogen-bond acceptors (Lipinski definition) is 10. The smallest absolute Gasteiger partial charge is 0.407 e. The highest BCUT2D eigenvalue weighted by molar-refractivity contribution is 6.67. The fourth-order valence-corrected chi connectivity index (χ4v) is 3.77. The van der Waals surface area contributed by atoms with Gasteiger partial charge in [0.05, 0.1) is 0 Å². The normalized spacial score (nSPS) is 23.6. The molecule has 1 heterocycles. The fourth-order valence-electron chi connectivity index (χ4n) is 3.61. The largest absolute Gasteiger partial charge is 0.463 e. The van der Waals surface area contributed by atoms with E-state index in [9.17, 15) is 19.2 Å². The number of hydrogen-bond donors (Lipinski definition) is 1. The van der Waals surface area contributed by atoms with Gasteiger partial charge in [0.25, 0.3) is 0 Å². The highest BCUT2D eigenvalue weighted by Gasteiger charge is 2.51. The summed E-state index contributed by atoms with van der Waals surface area (Å²) in [5, 5.41) is 2.49. The average molecular weight is 593 g/mol. The van der Waals surface area contributed by atoms with Crippen molar-refractivity contribution in [2.45, 2.75) is 101 Å². The molecule has 0 bridgehead atoms. The first kappa shape index (κ1) is 33.5. The molecule has 5 atom stereocenters. The molecule has 0 aliphatic carbocycles. The molecular weight excluding hydrogens is 557 g/mol. The monoisotopic (exact) mass is 591 g/mol. The summed E-state index contributed by atoms with van der Waals surface area (Å²) in [7, 11) is 0. The van der Waals surface area contributed by atoms with Gasteiger partial charge in [-0.3, -0.25) is 14.4 Å². The number of carbonyl (C=O) groups is 4. The van der Waals surface area contributed by atoms with Gasteiger partial charge >= 0.3 is 24.0 Å². The Kier molecular flexibility index (Phi) is 15.5. The van der Waals surface area contributed by atoms with Gasteiger partial charge in [0.15, 0.2) is 18.5 Å². The number of alkyl carbamates (subject to hydrolysis) is 1. The second kappa shape index (κ2) is 17.1. The van der Waals surface area contributed by atoms with Gasteiger partial charge in [0.1, 0.15) is 25.4 Å². The van der Waals surface area contributed by atoms with Crippen LogP contribution in [0.5, 0.6) is 0 Å². The summed E-state index contributed by atoms with van der Waals surface area (Å²) < 4.78 is 30.8. The highest BCUT2D eigenvalue weighted by Crippen LogP contribution is 2.29. The third-order valence-corrected chi connectivity index (χ3v) is 5.46. The molecule has 0 aromatic rings. The van der Waals surface area contributed by atoms with Gasteiger partial charge in [-0.25, -0.2) is 4.79 Å². The molecule has 0 saturated carbocycles. The number of carbonyl (C=O) groups excluding carboxylic acids is 4. The Bertz CT molecular complexity index is 749. The van der Waals surface area contributed by atoms with Gasteiger partial charge in [-0.2, -0.15) is 0 Å². The minimum Gasteiger partial charge on any atom is -0.463 e. The first-order valence-electron chi connectivity index (χ1n) is 12.1. The lowest BCUT2D eigenvalue weighted by atomic mass is 9.96. The summed E-state index contributed by atoms with van der Waals surface area (Å²) in [6.45, 7) is 4.98. The fraction of sp³-hybridized carbons (Fsp3) is 0.826. The molecule has 0 spiro atoms. The van der Waals surface area contributed by atoms with Crippen molar-refractivity contribution in [3.8, 4) is 0 Å². The van der Waals surface area contributed by atoms with Crippen molar-refractivity contribution in [3.05, 3.63) is 0 Å². The number of esters is 3. The number of ether oxygens (including phenoxy) is 6. The van der Waals surface area contributed by atoms with E-state index in [0.717, 1.165) is 46.0 Å². The second-order valence-corrected chi connectivity index (χ2v) is 11.0. The summed E-state index contributed by atoms with van der Waals surface area (Å²) in [4.78, 5) is 47.8. The number of nitrogens with one attached hydrogen (secondary N) is 1. The molecule has 1 N–H and O–H groups in total. The summed E-state index contributed by atoms with van der Waals surface area (Å²) in [6, 6.07) is -1.19. The van der Waals surface area contributed by atoms with Gasteiger partial charge in [-0.15, -0.1) is 0 Å². The number of unbranched alkanes of at least 4 members (excludes halogenated alkanes) is 5. The predicted molar refractivity (Wildman–Crippen MR) is 134 cm³/mol.